The zero-order valence-electron chi connectivity index (χ0n) is 58.5. The molecule has 0 aromatic heterocycles. The third-order valence-corrected chi connectivity index (χ3v) is 19.6. The highest BCUT2D eigenvalue weighted by atomic mass is 16.8. The Morgan fingerprint density at radius 1 is 0.376 bits per heavy atom. The van der Waals surface area contributed by atoms with Crippen molar-refractivity contribution >= 4 is 5.91 Å². The standard InChI is InChI=1S/C74H141NO18/c1-3-5-7-9-11-13-15-17-19-21-23-25-27-28-30-32-34-36-38-40-42-44-46-48-50-52-62(80)75-57(58(79)51-49-47-45-43-41-39-37-35-33-31-29-26-24-22-20-18-16-14-12-10-8-6-4-2)56-88-72-68(86)65(83)70(60(54-77)90-72)93-74-69(87)66(84)71(61(55-78)91-74)92-73-67(85)64(82)63(81)59(53-76)89-73/h21,23,57-61,63-74,76-79,81-87H,3-20,22,24-56H2,1-2H3,(H,75,80)/b23-21-. The summed E-state index contributed by atoms with van der Waals surface area (Å²) in [7, 11) is 0. The van der Waals surface area contributed by atoms with Crippen molar-refractivity contribution in [1.82, 2.24) is 5.32 Å². The average molecular weight is 1330 g/mol. The van der Waals surface area contributed by atoms with Gasteiger partial charge in [0.2, 0.25) is 5.91 Å². The first kappa shape index (κ1) is 85.8. The molecule has 17 atom stereocenters. The first-order valence-electron chi connectivity index (χ1n) is 38.4. The molecule has 0 aromatic rings. The second kappa shape index (κ2) is 56.3. The summed E-state index contributed by atoms with van der Waals surface area (Å²) >= 11 is 0. The minimum absolute atomic E-state index is 0.236. The first-order chi connectivity index (χ1) is 45.3. The number of unbranched alkanes of at least 4 members (excludes halogenated alkanes) is 43. The normalized spacial score (nSPS) is 27.5. The SMILES string of the molecule is CCCCCCCCCC/C=C\CCCCCCCCCCCCCCCC(=O)NC(COC1OC(CO)C(OC2OC(CO)C(OC3OC(CO)C(O)C(O)C3O)C(O)C2O)C(O)C1O)C(O)CCCCCCCCCCCCCCCCCCCCCCCCC. The summed E-state index contributed by atoms with van der Waals surface area (Å²) in [6.45, 7) is 1.85. The molecule has 3 aliphatic rings. The molecular weight excluding hydrogens is 1190 g/mol. The Morgan fingerprint density at radius 2 is 0.677 bits per heavy atom. The lowest BCUT2D eigenvalue weighted by Crippen LogP contribution is -2.66. The van der Waals surface area contributed by atoms with E-state index >= 15 is 0 Å². The Hall–Kier alpha value is -1.47. The second-order valence-corrected chi connectivity index (χ2v) is 27.8. The highest BCUT2D eigenvalue weighted by molar-refractivity contribution is 5.76. The van der Waals surface area contributed by atoms with Crippen molar-refractivity contribution in [2.24, 2.45) is 0 Å². The summed E-state index contributed by atoms with van der Waals surface area (Å²) in [5.41, 5.74) is 0. The van der Waals surface area contributed by atoms with Gasteiger partial charge in [0.25, 0.3) is 0 Å². The van der Waals surface area contributed by atoms with Crippen LogP contribution in [0.4, 0.5) is 0 Å². The van der Waals surface area contributed by atoms with Gasteiger partial charge in [0.1, 0.15) is 73.2 Å². The van der Waals surface area contributed by atoms with E-state index in [0.717, 1.165) is 44.9 Å². The Kier molecular flexibility index (Phi) is 51.9. The topological polar surface area (TPSA) is 307 Å². The van der Waals surface area contributed by atoms with Crippen LogP contribution in [0, 0.1) is 0 Å². The van der Waals surface area contributed by atoms with Crippen molar-refractivity contribution in [3.8, 4) is 0 Å². The fraction of sp³-hybridized carbons (Fsp3) is 0.959. The lowest BCUT2D eigenvalue weighted by atomic mass is 9.96. The van der Waals surface area contributed by atoms with Crippen LogP contribution < -0.4 is 5.32 Å². The van der Waals surface area contributed by atoms with Gasteiger partial charge in [-0.05, 0) is 38.5 Å². The van der Waals surface area contributed by atoms with Gasteiger partial charge in [-0.25, -0.2) is 0 Å². The van der Waals surface area contributed by atoms with Gasteiger partial charge < -0.3 is 89.9 Å². The third kappa shape index (κ3) is 37.5. The van der Waals surface area contributed by atoms with Crippen molar-refractivity contribution in [3.05, 3.63) is 12.2 Å². The fourth-order valence-corrected chi connectivity index (χ4v) is 13.4. The predicted octanol–water partition coefficient (Wildman–Crippen LogP) is 11.6. The van der Waals surface area contributed by atoms with Crippen LogP contribution in [0.5, 0.6) is 0 Å². The van der Waals surface area contributed by atoms with Gasteiger partial charge in [-0.3, -0.25) is 4.79 Å². The molecule has 12 N–H and O–H groups in total. The zero-order valence-corrected chi connectivity index (χ0v) is 58.5. The number of aliphatic hydroxyl groups is 11. The maximum Gasteiger partial charge on any atom is 0.220 e. The molecule has 0 bridgehead atoms. The van der Waals surface area contributed by atoms with E-state index in [1.807, 2.05) is 0 Å². The molecule has 550 valence electrons. The van der Waals surface area contributed by atoms with Crippen LogP contribution in [-0.2, 0) is 33.2 Å². The molecule has 19 heteroatoms. The van der Waals surface area contributed by atoms with E-state index in [2.05, 4.69) is 31.3 Å². The van der Waals surface area contributed by atoms with Gasteiger partial charge in [0.05, 0.1) is 38.6 Å². The van der Waals surface area contributed by atoms with E-state index in [9.17, 15) is 61.0 Å². The monoisotopic (exact) mass is 1330 g/mol. The van der Waals surface area contributed by atoms with E-state index in [1.165, 1.54) is 244 Å². The highest BCUT2D eigenvalue weighted by Gasteiger charge is 2.53. The third-order valence-electron chi connectivity index (χ3n) is 19.6. The molecule has 3 rings (SSSR count). The van der Waals surface area contributed by atoms with Crippen LogP contribution in [0.3, 0.4) is 0 Å². The van der Waals surface area contributed by atoms with Crippen molar-refractivity contribution in [3.63, 3.8) is 0 Å². The smallest absolute Gasteiger partial charge is 0.220 e. The molecule has 0 aliphatic carbocycles. The average Bonchev–Trinajstić information content (AvgIpc) is 0.819. The number of hydrogen-bond donors (Lipinski definition) is 12. The van der Waals surface area contributed by atoms with Crippen LogP contribution in [-0.4, -0.2) is 193 Å². The lowest BCUT2D eigenvalue weighted by molar-refractivity contribution is -0.379. The predicted molar refractivity (Wildman–Crippen MR) is 365 cm³/mol. The van der Waals surface area contributed by atoms with Gasteiger partial charge in [0, 0.05) is 6.42 Å². The molecule has 1 amide bonds. The van der Waals surface area contributed by atoms with Crippen molar-refractivity contribution in [1.29, 1.82) is 0 Å². The number of hydrogen-bond acceptors (Lipinski definition) is 18. The molecule has 3 heterocycles. The molecule has 0 saturated carbocycles. The quantitative estimate of drug-likeness (QED) is 0.0199. The number of ether oxygens (including phenoxy) is 6. The van der Waals surface area contributed by atoms with Gasteiger partial charge in [-0.1, -0.05) is 289 Å². The molecule has 0 radical (unpaired) electrons. The molecule has 3 saturated heterocycles. The Bertz CT molecular complexity index is 1730. The molecule has 19 nitrogen and oxygen atoms in total. The van der Waals surface area contributed by atoms with E-state index < -0.39 is 124 Å². The van der Waals surface area contributed by atoms with Crippen LogP contribution >= 0.6 is 0 Å². The molecule has 0 aromatic carbocycles. The van der Waals surface area contributed by atoms with E-state index in [1.54, 1.807) is 0 Å². The fourth-order valence-electron chi connectivity index (χ4n) is 13.4. The summed E-state index contributed by atoms with van der Waals surface area (Å²) < 4.78 is 34.5. The number of allylic oxidation sites excluding steroid dienone is 2. The molecule has 3 aliphatic heterocycles. The van der Waals surface area contributed by atoms with Crippen LogP contribution in [0.15, 0.2) is 12.2 Å². The number of nitrogens with one attached hydrogen (secondary N) is 1. The molecule has 93 heavy (non-hydrogen) atoms. The van der Waals surface area contributed by atoms with Crippen LogP contribution in [0.2, 0.25) is 0 Å². The summed E-state index contributed by atoms with van der Waals surface area (Å²) in [5, 5.41) is 121. The van der Waals surface area contributed by atoms with Crippen molar-refractivity contribution < 1.29 is 89.4 Å². The number of amides is 1. The van der Waals surface area contributed by atoms with Crippen LogP contribution in [0.25, 0.3) is 0 Å². The minimum Gasteiger partial charge on any atom is -0.394 e. The minimum atomic E-state index is -1.97. The number of aliphatic hydroxyl groups excluding tert-OH is 11. The summed E-state index contributed by atoms with van der Waals surface area (Å²) in [6.07, 6.45) is 37.2. The number of carbonyl (C=O) groups excluding carboxylic acids is 1. The molecule has 17 unspecified atom stereocenters. The van der Waals surface area contributed by atoms with E-state index in [4.69, 9.17) is 28.4 Å². The summed E-state index contributed by atoms with van der Waals surface area (Å²) in [6, 6.07) is -0.885. The van der Waals surface area contributed by atoms with E-state index in [0.29, 0.717) is 12.8 Å². The maximum absolute atomic E-state index is 13.5. The number of rotatable bonds is 61. The first-order valence-corrected chi connectivity index (χ1v) is 38.4. The lowest BCUT2D eigenvalue weighted by Gasteiger charge is -2.48. The zero-order chi connectivity index (χ0) is 67.5. The Morgan fingerprint density at radius 3 is 1.04 bits per heavy atom. The van der Waals surface area contributed by atoms with Gasteiger partial charge in [0.15, 0.2) is 18.9 Å². The number of carbonyl (C=O) groups is 1. The van der Waals surface area contributed by atoms with Gasteiger partial charge >= 0.3 is 0 Å². The largest absolute Gasteiger partial charge is 0.394 e. The van der Waals surface area contributed by atoms with Crippen molar-refractivity contribution in [2.75, 3.05) is 26.4 Å². The maximum atomic E-state index is 13.5. The van der Waals surface area contributed by atoms with Crippen LogP contribution in [0.1, 0.15) is 322 Å². The highest BCUT2D eigenvalue weighted by Crippen LogP contribution is 2.33. The Labute approximate surface area is 563 Å². The van der Waals surface area contributed by atoms with E-state index in [-0.39, 0.29) is 18.9 Å². The molecular formula is C74H141NO18. The van der Waals surface area contributed by atoms with Gasteiger partial charge in [-0.15, -0.1) is 0 Å². The molecule has 0 spiro atoms. The molecule has 3 fully saturated rings. The Balaban J connectivity index is 1.39. The summed E-state index contributed by atoms with van der Waals surface area (Å²) in [4.78, 5) is 13.5. The van der Waals surface area contributed by atoms with Crippen molar-refractivity contribution in [2.45, 2.75) is 426 Å². The second-order valence-electron chi connectivity index (χ2n) is 27.8. The summed E-state index contributed by atoms with van der Waals surface area (Å²) in [5.74, 6) is -0.236. The van der Waals surface area contributed by atoms with Gasteiger partial charge in [-0.2, -0.15) is 0 Å².